The maximum Gasteiger partial charge on any atom is 0.242 e. The van der Waals surface area contributed by atoms with Crippen LogP contribution in [0.1, 0.15) is 27.5 Å². The molecule has 4 aromatic rings. The largest absolute Gasteiger partial charge is 0.332 e. The first-order valence-corrected chi connectivity index (χ1v) is 13.0. The van der Waals surface area contributed by atoms with Crippen LogP contribution in [0.3, 0.4) is 0 Å². The molecular formula is C30H29N3OS2. The van der Waals surface area contributed by atoms with Crippen molar-refractivity contribution in [3.8, 4) is 0 Å². The van der Waals surface area contributed by atoms with E-state index in [2.05, 4.69) is 22.9 Å². The van der Waals surface area contributed by atoms with Gasteiger partial charge in [0.15, 0.2) is 5.11 Å². The Labute approximate surface area is 222 Å². The van der Waals surface area contributed by atoms with E-state index >= 15 is 0 Å². The Balaban J connectivity index is 1.49. The molecule has 4 rings (SSSR count). The lowest BCUT2D eigenvalue weighted by atomic mass is 10.1. The summed E-state index contributed by atoms with van der Waals surface area (Å²) in [7, 11) is 0. The Morgan fingerprint density at radius 3 is 2.08 bits per heavy atom. The molecule has 0 saturated carbocycles. The standard InChI is InChI=1S/C30H29N3OS2/c1-20-12-15-24(16-13-20)32-30(35)33-25-10-7-11-27(19-25)36-28(23-8-5-4-6-9-23)29(34)31-26-17-14-21(2)22(3)18-26/h4-19,28H,1-3H3,(H,31,34)(H2,32,33,35). The number of rotatable bonds is 7. The first kappa shape index (κ1) is 25.5. The van der Waals surface area contributed by atoms with Gasteiger partial charge in [-0.15, -0.1) is 11.8 Å². The number of thiocarbonyl (C=S) groups is 1. The second-order valence-corrected chi connectivity index (χ2v) is 10.3. The average Bonchev–Trinajstić information content (AvgIpc) is 2.87. The lowest BCUT2D eigenvalue weighted by Gasteiger charge is -2.18. The molecule has 1 atom stereocenters. The minimum absolute atomic E-state index is 0.0654. The predicted octanol–water partition coefficient (Wildman–Crippen LogP) is 7.89. The summed E-state index contributed by atoms with van der Waals surface area (Å²) in [5.41, 5.74) is 7.05. The van der Waals surface area contributed by atoms with E-state index in [1.54, 1.807) is 0 Å². The minimum Gasteiger partial charge on any atom is -0.332 e. The number of nitrogens with one attached hydrogen (secondary N) is 3. The summed E-state index contributed by atoms with van der Waals surface area (Å²) in [5, 5.41) is 9.64. The van der Waals surface area contributed by atoms with Gasteiger partial charge >= 0.3 is 0 Å². The summed E-state index contributed by atoms with van der Waals surface area (Å²) in [5.74, 6) is -0.0654. The Morgan fingerprint density at radius 1 is 0.694 bits per heavy atom. The second kappa shape index (κ2) is 11.9. The summed E-state index contributed by atoms with van der Waals surface area (Å²) >= 11 is 7.01. The highest BCUT2D eigenvalue weighted by atomic mass is 32.2. The maximum absolute atomic E-state index is 13.4. The fraction of sp³-hybridized carbons (Fsp3) is 0.133. The Kier molecular flexibility index (Phi) is 8.41. The van der Waals surface area contributed by atoms with Gasteiger partial charge in [0.2, 0.25) is 5.91 Å². The van der Waals surface area contributed by atoms with Gasteiger partial charge in [-0.2, -0.15) is 0 Å². The van der Waals surface area contributed by atoms with Crippen LogP contribution in [-0.4, -0.2) is 11.0 Å². The zero-order chi connectivity index (χ0) is 25.5. The van der Waals surface area contributed by atoms with Crippen molar-refractivity contribution in [2.75, 3.05) is 16.0 Å². The molecule has 0 heterocycles. The molecule has 0 spiro atoms. The van der Waals surface area contributed by atoms with Crippen LogP contribution in [0.5, 0.6) is 0 Å². The fourth-order valence-corrected chi connectivity index (χ4v) is 4.96. The van der Waals surface area contributed by atoms with Crippen LogP contribution in [0.4, 0.5) is 17.1 Å². The van der Waals surface area contributed by atoms with Gasteiger partial charge in [-0.3, -0.25) is 4.79 Å². The zero-order valence-corrected chi connectivity index (χ0v) is 22.2. The van der Waals surface area contributed by atoms with E-state index in [0.717, 1.165) is 33.1 Å². The Bertz CT molecular complexity index is 1350. The third-order valence-corrected chi connectivity index (χ3v) is 7.22. The van der Waals surface area contributed by atoms with E-state index < -0.39 is 5.25 Å². The molecule has 3 N–H and O–H groups in total. The van der Waals surface area contributed by atoms with Crippen molar-refractivity contribution in [2.24, 2.45) is 0 Å². The lowest BCUT2D eigenvalue weighted by molar-refractivity contribution is -0.115. The number of hydrogen-bond donors (Lipinski definition) is 3. The average molecular weight is 512 g/mol. The molecule has 4 aromatic carbocycles. The van der Waals surface area contributed by atoms with Crippen molar-refractivity contribution < 1.29 is 4.79 Å². The molecule has 4 nitrogen and oxygen atoms in total. The van der Waals surface area contributed by atoms with E-state index in [-0.39, 0.29) is 5.91 Å². The number of thioether (sulfide) groups is 1. The summed E-state index contributed by atoms with van der Waals surface area (Å²) in [6, 6.07) is 31.8. The van der Waals surface area contributed by atoms with Crippen molar-refractivity contribution in [2.45, 2.75) is 30.9 Å². The van der Waals surface area contributed by atoms with Gasteiger partial charge in [0.05, 0.1) is 0 Å². The molecule has 0 bridgehead atoms. The van der Waals surface area contributed by atoms with E-state index in [9.17, 15) is 4.79 Å². The number of aryl methyl sites for hydroxylation is 3. The molecular weight excluding hydrogens is 482 g/mol. The van der Waals surface area contributed by atoms with Crippen molar-refractivity contribution in [1.82, 2.24) is 0 Å². The molecule has 1 amide bonds. The highest BCUT2D eigenvalue weighted by Gasteiger charge is 2.22. The number of carbonyl (C=O) groups excluding carboxylic acids is 1. The lowest BCUT2D eigenvalue weighted by Crippen LogP contribution is -2.19. The van der Waals surface area contributed by atoms with Crippen molar-refractivity contribution >= 4 is 52.1 Å². The van der Waals surface area contributed by atoms with Crippen LogP contribution in [0.15, 0.2) is 102 Å². The molecule has 0 saturated heterocycles. The SMILES string of the molecule is Cc1ccc(NC(=S)Nc2cccc(SC(C(=O)Nc3ccc(C)c(C)c3)c3ccccc3)c2)cc1. The normalized spacial score (nSPS) is 11.4. The van der Waals surface area contributed by atoms with Crippen LogP contribution in [0.2, 0.25) is 0 Å². The Hall–Kier alpha value is -3.61. The molecule has 0 aliphatic carbocycles. The Morgan fingerprint density at radius 2 is 1.36 bits per heavy atom. The number of hydrogen-bond acceptors (Lipinski definition) is 3. The van der Waals surface area contributed by atoms with Crippen molar-refractivity contribution in [3.63, 3.8) is 0 Å². The first-order valence-electron chi connectivity index (χ1n) is 11.7. The number of anilines is 3. The monoisotopic (exact) mass is 511 g/mol. The van der Waals surface area contributed by atoms with Crippen LogP contribution in [-0.2, 0) is 4.79 Å². The highest BCUT2D eigenvalue weighted by molar-refractivity contribution is 8.00. The van der Waals surface area contributed by atoms with Gasteiger partial charge in [0, 0.05) is 22.0 Å². The van der Waals surface area contributed by atoms with E-state index in [4.69, 9.17) is 12.2 Å². The predicted molar refractivity (Wildman–Crippen MR) is 157 cm³/mol. The van der Waals surface area contributed by atoms with Gasteiger partial charge in [-0.25, -0.2) is 0 Å². The first-order chi connectivity index (χ1) is 17.4. The fourth-order valence-electron chi connectivity index (χ4n) is 3.64. The zero-order valence-electron chi connectivity index (χ0n) is 20.5. The van der Waals surface area contributed by atoms with Crippen LogP contribution in [0, 0.1) is 20.8 Å². The van der Waals surface area contributed by atoms with Crippen LogP contribution >= 0.6 is 24.0 Å². The number of benzene rings is 4. The molecule has 36 heavy (non-hydrogen) atoms. The molecule has 0 fully saturated rings. The number of carbonyl (C=O) groups is 1. The van der Waals surface area contributed by atoms with Gasteiger partial charge < -0.3 is 16.0 Å². The third kappa shape index (κ3) is 6.97. The molecule has 0 aliphatic rings. The van der Waals surface area contributed by atoms with Gasteiger partial charge in [-0.05, 0) is 92.1 Å². The van der Waals surface area contributed by atoms with E-state index in [1.165, 1.54) is 22.9 Å². The van der Waals surface area contributed by atoms with Gasteiger partial charge in [0.25, 0.3) is 0 Å². The second-order valence-electron chi connectivity index (χ2n) is 8.67. The van der Waals surface area contributed by atoms with Crippen molar-refractivity contribution in [1.29, 1.82) is 0 Å². The third-order valence-electron chi connectivity index (χ3n) is 5.77. The van der Waals surface area contributed by atoms with Gasteiger partial charge in [0.1, 0.15) is 5.25 Å². The molecule has 0 aromatic heterocycles. The molecule has 182 valence electrons. The maximum atomic E-state index is 13.4. The van der Waals surface area contributed by atoms with Gasteiger partial charge in [-0.1, -0.05) is 60.2 Å². The molecule has 6 heteroatoms. The molecule has 0 radical (unpaired) electrons. The summed E-state index contributed by atoms with van der Waals surface area (Å²) in [6.45, 7) is 6.16. The highest BCUT2D eigenvalue weighted by Crippen LogP contribution is 2.37. The van der Waals surface area contributed by atoms with E-state index in [0.29, 0.717) is 5.11 Å². The van der Waals surface area contributed by atoms with Crippen LogP contribution < -0.4 is 16.0 Å². The summed E-state index contributed by atoms with van der Waals surface area (Å²) in [4.78, 5) is 14.4. The summed E-state index contributed by atoms with van der Waals surface area (Å²) < 4.78 is 0. The van der Waals surface area contributed by atoms with Crippen LogP contribution in [0.25, 0.3) is 0 Å². The van der Waals surface area contributed by atoms with Crippen molar-refractivity contribution in [3.05, 3.63) is 119 Å². The minimum atomic E-state index is -0.416. The molecule has 1 unspecified atom stereocenters. The number of amides is 1. The smallest absolute Gasteiger partial charge is 0.242 e. The molecule has 0 aliphatic heterocycles. The quantitative estimate of drug-likeness (QED) is 0.174. The summed E-state index contributed by atoms with van der Waals surface area (Å²) in [6.07, 6.45) is 0. The topological polar surface area (TPSA) is 53.2 Å². The van der Waals surface area contributed by atoms with E-state index in [1.807, 2.05) is 111 Å².